The summed E-state index contributed by atoms with van der Waals surface area (Å²) in [6.07, 6.45) is 5.15. The topological polar surface area (TPSA) is 164 Å². The van der Waals surface area contributed by atoms with Gasteiger partial charge in [0.05, 0.1) is 12.6 Å². The van der Waals surface area contributed by atoms with Crippen LogP contribution in [0.4, 0.5) is 0 Å². The molecule has 1 aliphatic heterocycles. The highest BCUT2D eigenvalue weighted by molar-refractivity contribution is 6.47. The van der Waals surface area contributed by atoms with Crippen LogP contribution in [-0.4, -0.2) is 40.5 Å². The van der Waals surface area contributed by atoms with Crippen LogP contribution in [0.25, 0.3) is 0 Å². The molecule has 8 N–H and O–H groups in total. The average molecular weight is 617 g/mol. The number of aliphatic imine (C=N–C) groups is 1. The lowest BCUT2D eigenvalue weighted by atomic mass is 9.69. The van der Waals surface area contributed by atoms with E-state index in [1.165, 1.54) is 0 Å². The number of benzene rings is 2. The van der Waals surface area contributed by atoms with Crippen LogP contribution in [0.5, 0.6) is 0 Å². The summed E-state index contributed by atoms with van der Waals surface area (Å²) in [6.45, 7) is 8.95. The summed E-state index contributed by atoms with van der Waals surface area (Å²) >= 11 is 12.7. The van der Waals surface area contributed by atoms with E-state index in [1.54, 1.807) is 30.3 Å². The fourth-order valence-corrected chi connectivity index (χ4v) is 6.60. The number of amides is 2. The molecular weight excluding hydrogens is 573 g/mol. The minimum Gasteiger partial charge on any atom is -0.386 e. The van der Waals surface area contributed by atoms with E-state index in [4.69, 9.17) is 39.3 Å². The van der Waals surface area contributed by atoms with Gasteiger partial charge in [0.15, 0.2) is 0 Å². The van der Waals surface area contributed by atoms with Crippen LogP contribution in [0, 0.1) is 16.7 Å². The normalized spacial score (nSPS) is 21.0. The van der Waals surface area contributed by atoms with E-state index in [-0.39, 0.29) is 35.7 Å². The van der Waals surface area contributed by atoms with Crippen LogP contribution in [0.15, 0.2) is 47.5 Å². The smallest absolute Gasteiger partial charge is 0.275 e. The van der Waals surface area contributed by atoms with E-state index in [1.807, 2.05) is 17.0 Å². The highest BCUT2D eigenvalue weighted by atomic mass is 35.5. The zero-order chi connectivity index (χ0) is 31.2. The van der Waals surface area contributed by atoms with Crippen molar-refractivity contribution in [1.29, 1.82) is 5.41 Å². The molecule has 2 aromatic rings. The van der Waals surface area contributed by atoms with Gasteiger partial charge in [0, 0.05) is 21.2 Å². The lowest BCUT2D eigenvalue weighted by Crippen LogP contribution is -2.51. The Kier molecular flexibility index (Phi) is 11.2. The predicted octanol–water partition coefficient (Wildman–Crippen LogP) is 5.58. The summed E-state index contributed by atoms with van der Waals surface area (Å²) in [5, 5.41) is 10.9. The molecule has 2 amide bonds. The molecule has 228 valence electrons. The zero-order valence-corrected chi connectivity index (χ0v) is 26.4. The first-order valence-corrected chi connectivity index (χ1v) is 15.0. The number of nitrogens with two attached hydrogens (primary N) is 3. The summed E-state index contributed by atoms with van der Waals surface area (Å²) in [4.78, 5) is 34.0. The molecule has 0 radical (unpaired) electrons. The molecule has 9 nitrogen and oxygen atoms in total. The average Bonchev–Trinajstić information content (AvgIpc) is 3.21. The molecular formula is C31H43Cl2N7O2. The molecule has 4 rings (SSSR count). The minimum atomic E-state index is -0.652. The lowest BCUT2D eigenvalue weighted by Gasteiger charge is -2.47. The van der Waals surface area contributed by atoms with E-state index in [0.717, 1.165) is 44.1 Å². The Labute approximate surface area is 258 Å². The summed E-state index contributed by atoms with van der Waals surface area (Å²) in [5.41, 5.74) is 7.37. The number of amidine groups is 1. The number of hydrazine groups is 1. The first kappa shape index (κ1) is 33.5. The van der Waals surface area contributed by atoms with Crippen LogP contribution in [0.1, 0.15) is 93.7 Å². The van der Waals surface area contributed by atoms with E-state index >= 15 is 0 Å². The van der Waals surface area contributed by atoms with E-state index in [2.05, 4.69) is 44.7 Å². The van der Waals surface area contributed by atoms with Gasteiger partial charge >= 0.3 is 0 Å². The quantitative estimate of drug-likeness (QED) is 0.113. The molecule has 0 aromatic heterocycles. The Hall–Kier alpha value is -2.98. The highest BCUT2D eigenvalue weighted by Gasteiger charge is 2.52. The Morgan fingerprint density at radius 3 is 2.19 bits per heavy atom. The number of hydrogen-bond acceptors (Lipinski definition) is 6. The second kappa shape index (κ2) is 14.0. The van der Waals surface area contributed by atoms with Crippen molar-refractivity contribution in [3.8, 4) is 0 Å². The maximum absolute atomic E-state index is 14.3. The first-order chi connectivity index (χ1) is 19.8. The van der Waals surface area contributed by atoms with Gasteiger partial charge in [-0.2, -0.15) is 0 Å². The van der Waals surface area contributed by atoms with Crippen LogP contribution in [0.3, 0.4) is 0 Å². The van der Waals surface area contributed by atoms with Crippen LogP contribution in [-0.2, 0) is 4.79 Å². The monoisotopic (exact) mass is 615 g/mol. The number of carbonyl (C=O) groups is 2. The van der Waals surface area contributed by atoms with Crippen LogP contribution in [0.2, 0.25) is 10.0 Å². The molecule has 1 fully saturated rings. The second-order valence-corrected chi connectivity index (χ2v) is 12.9. The minimum absolute atomic E-state index is 0.00691. The standard InChI is InChI=1S/C31H39Cl2N5O2.H4N2/c1-5-6-25(19-7-9-20(10-8-19)28(39)36-18-26(34)35)38-29(40)27(21-15-23(32)17-24(33)16-21)37-31(38)13-11-22(12-14-31)30(2,3)4;1-2/h7-10,15-17,22,25H,5-6,11-14,18H2,1-4H3,(H3,34,35)(H,36,39);1-2H2. The molecule has 1 heterocycles. The number of carbonyl (C=O) groups excluding carboxylic acids is 2. The van der Waals surface area contributed by atoms with Gasteiger partial charge < -0.3 is 16.0 Å². The van der Waals surface area contributed by atoms with E-state index in [0.29, 0.717) is 32.8 Å². The van der Waals surface area contributed by atoms with Crippen molar-refractivity contribution in [2.45, 2.75) is 77.9 Å². The van der Waals surface area contributed by atoms with Gasteiger partial charge in [-0.3, -0.25) is 31.7 Å². The molecule has 1 atom stereocenters. The molecule has 42 heavy (non-hydrogen) atoms. The number of nitrogens with zero attached hydrogens (tertiary/aromatic N) is 2. The summed E-state index contributed by atoms with van der Waals surface area (Å²) in [7, 11) is 0. The Bertz CT molecular complexity index is 1290. The van der Waals surface area contributed by atoms with Crippen molar-refractivity contribution in [2.75, 3.05) is 6.54 Å². The number of nitrogens with one attached hydrogen (secondary N) is 2. The molecule has 0 bridgehead atoms. The molecule has 1 unspecified atom stereocenters. The largest absolute Gasteiger partial charge is 0.386 e. The lowest BCUT2D eigenvalue weighted by molar-refractivity contribution is -0.133. The first-order valence-electron chi connectivity index (χ1n) is 14.3. The van der Waals surface area contributed by atoms with Gasteiger partial charge in [0.2, 0.25) is 0 Å². The van der Waals surface area contributed by atoms with Crippen molar-refractivity contribution in [2.24, 2.45) is 33.7 Å². The van der Waals surface area contributed by atoms with Crippen molar-refractivity contribution in [3.63, 3.8) is 0 Å². The Morgan fingerprint density at radius 2 is 1.69 bits per heavy atom. The molecule has 2 aliphatic rings. The SMILES string of the molecule is CCCC(c1ccc(C(=O)NCC(=N)N)cc1)N1C(=O)C(c2cc(Cl)cc(Cl)c2)=NC12CCC(C(C)(C)C)CC2.NN. The summed E-state index contributed by atoms with van der Waals surface area (Å²) in [6, 6.07) is 12.3. The third-order valence-corrected chi connectivity index (χ3v) is 8.64. The Morgan fingerprint density at radius 1 is 1.12 bits per heavy atom. The van der Waals surface area contributed by atoms with Gasteiger partial charge in [-0.25, -0.2) is 0 Å². The third kappa shape index (κ3) is 7.50. The van der Waals surface area contributed by atoms with E-state index in [9.17, 15) is 9.59 Å². The van der Waals surface area contributed by atoms with Crippen molar-refractivity contribution in [1.82, 2.24) is 10.2 Å². The zero-order valence-electron chi connectivity index (χ0n) is 24.8. The maximum atomic E-state index is 14.3. The molecule has 2 aromatic carbocycles. The van der Waals surface area contributed by atoms with Gasteiger partial charge in [-0.1, -0.05) is 69.5 Å². The predicted molar refractivity (Wildman–Crippen MR) is 171 cm³/mol. The van der Waals surface area contributed by atoms with Gasteiger partial charge in [0.1, 0.15) is 17.2 Å². The van der Waals surface area contributed by atoms with Crippen molar-refractivity contribution in [3.05, 3.63) is 69.2 Å². The maximum Gasteiger partial charge on any atom is 0.275 e. The number of hydrogen-bond donors (Lipinski definition) is 5. The molecule has 1 saturated carbocycles. The highest BCUT2D eigenvalue weighted by Crippen LogP contribution is 2.50. The van der Waals surface area contributed by atoms with Crippen molar-refractivity contribution < 1.29 is 9.59 Å². The fraction of sp³-hybridized carbons (Fsp3) is 0.484. The molecule has 1 aliphatic carbocycles. The molecule has 11 heteroatoms. The van der Waals surface area contributed by atoms with Crippen molar-refractivity contribution >= 4 is 46.6 Å². The molecule has 1 spiro atoms. The van der Waals surface area contributed by atoms with Gasteiger partial charge in [-0.05, 0) is 79.3 Å². The van der Waals surface area contributed by atoms with Crippen LogP contribution < -0.4 is 22.7 Å². The Balaban J connectivity index is 0.00000237. The van der Waals surface area contributed by atoms with Gasteiger partial charge in [-0.15, -0.1) is 0 Å². The van der Waals surface area contributed by atoms with E-state index < -0.39 is 5.66 Å². The summed E-state index contributed by atoms with van der Waals surface area (Å²) in [5.74, 6) is 8.02. The summed E-state index contributed by atoms with van der Waals surface area (Å²) < 4.78 is 0. The number of halogens is 2. The fourth-order valence-electron chi connectivity index (χ4n) is 6.07. The van der Waals surface area contributed by atoms with Gasteiger partial charge in [0.25, 0.3) is 11.8 Å². The third-order valence-electron chi connectivity index (χ3n) is 8.21. The molecule has 0 saturated heterocycles. The van der Waals surface area contributed by atoms with Crippen LogP contribution >= 0.6 is 23.2 Å². The number of rotatable bonds is 8. The second-order valence-electron chi connectivity index (χ2n) is 12.1.